The molecule has 2 aromatic heterocycles. The molecule has 0 saturated heterocycles. The maximum absolute atomic E-state index is 13.5. The highest BCUT2D eigenvalue weighted by atomic mass is 19.1. The minimum absolute atomic E-state index is 0.111. The number of hydrogen-bond acceptors (Lipinski definition) is 5. The van der Waals surface area contributed by atoms with Gasteiger partial charge in [-0.15, -0.1) is 0 Å². The predicted octanol–water partition coefficient (Wildman–Crippen LogP) is 4.84. The number of carbonyl (C=O) groups is 1. The Morgan fingerprint density at radius 3 is 2.72 bits per heavy atom. The lowest BCUT2D eigenvalue weighted by molar-refractivity contribution is 0.155. The summed E-state index contributed by atoms with van der Waals surface area (Å²) in [6.07, 6.45) is 1.19. The summed E-state index contributed by atoms with van der Waals surface area (Å²) in [6.45, 7) is 5.43. The molecule has 4 rings (SSSR count). The van der Waals surface area contributed by atoms with Crippen LogP contribution in [-0.2, 0) is 24.4 Å². The molecule has 0 saturated carbocycles. The van der Waals surface area contributed by atoms with Crippen molar-refractivity contribution < 1.29 is 18.7 Å². The highest BCUT2D eigenvalue weighted by Crippen LogP contribution is 2.31. The third-order valence-electron chi connectivity index (χ3n) is 5.15. The maximum atomic E-state index is 13.5. The van der Waals surface area contributed by atoms with Crippen molar-refractivity contribution in [1.82, 2.24) is 19.3 Å². The van der Waals surface area contributed by atoms with Gasteiger partial charge in [0, 0.05) is 30.8 Å². The highest BCUT2D eigenvalue weighted by molar-refractivity contribution is 5.85. The van der Waals surface area contributed by atoms with E-state index in [-0.39, 0.29) is 6.61 Å². The summed E-state index contributed by atoms with van der Waals surface area (Å²) >= 11 is 0. The first-order valence-corrected chi connectivity index (χ1v) is 10.3. The van der Waals surface area contributed by atoms with Gasteiger partial charge in [-0.1, -0.05) is 6.07 Å². The van der Waals surface area contributed by atoms with Gasteiger partial charge in [0.05, 0.1) is 30.2 Å². The Morgan fingerprint density at radius 1 is 1.12 bits per heavy atom. The molecule has 4 aromatic rings. The van der Waals surface area contributed by atoms with Crippen LogP contribution >= 0.6 is 0 Å². The van der Waals surface area contributed by atoms with Gasteiger partial charge in [-0.2, -0.15) is 5.10 Å². The Balaban J connectivity index is 1.46. The molecule has 0 aliphatic rings. The van der Waals surface area contributed by atoms with Crippen LogP contribution in [0.1, 0.15) is 19.4 Å². The number of imidazole rings is 1. The zero-order chi connectivity index (χ0) is 22.7. The van der Waals surface area contributed by atoms with Crippen molar-refractivity contribution in [1.29, 1.82) is 0 Å². The topological polar surface area (TPSA) is 83.2 Å². The molecule has 1 amide bonds. The van der Waals surface area contributed by atoms with Gasteiger partial charge in [-0.25, -0.2) is 18.9 Å². The maximum Gasteiger partial charge on any atom is 0.413 e. The van der Waals surface area contributed by atoms with Crippen LogP contribution in [0.15, 0.2) is 48.8 Å². The summed E-state index contributed by atoms with van der Waals surface area (Å²) < 4.78 is 27.8. The van der Waals surface area contributed by atoms with Crippen molar-refractivity contribution in [2.45, 2.75) is 33.5 Å². The summed E-state index contributed by atoms with van der Waals surface area (Å²) in [6, 6.07) is 11.7. The summed E-state index contributed by atoms with van der Waals surface area (Å²) in [5.41, 5.74) is 3.91. The third-order valence-corrected chi connectivity index (χ3v) is 5.15. The summed E-state index contributed by atoms with van der Waals surface area (Å²) in [4.78, 5) is 16.8. The summed E-state index contributed by atoms with van der Waals surface area (Å²) in [5, 5.41) is 7.21. The monoisotopic (exact) mass is 437 g/mol. The van der Waals surface area contributed by atoms with Crippen molar-refractivity contribution in [2.75, 3.05) is 12.4 Å². The van der Waals surface area contributed by atoms with Gasteiger partial charge in [-0.05, 0) is 43.7 Å². The molecule has 0 fully saturated rings. The molecule has 0 aliphatic heterocycles. The predicted molar refractivity (Wildman–Crippen MR) is 119 cm³/mol. The largest absolute Gasteiger partial charge is 0.496 e. The van der Waals surface area contributed by atoms with E-state index in [1.165, 1.54) is 19.2 Å². The average Bonchev–Trinajstić information content (AvgIpc) is 3.40. The van der Waals surface area contributed by atoms with Gasteiger partial charge in [0.15, 0.2) is 0 Å². The Kier molecular flexibility index (Phi) is 6.07. The fourth-order valence-corrected chi connectivity index (χ4v) is 3.51. The van der Waals surface area contributed by atoms with Gasteiger partial charge in [0.2, 0.25) is 0 Å². The molecule has 0 atom stereocenters. The van der Waals surface area contributed by atoms with Gasteiger partial charge >= 0.3 is 6.09 Å². The van der Waals surface area contributed by atoms with Crippen molar-refractivity contribution >= 4 is 22.9 Å². The number of methoxy groups -OCH3 is 1. The normalized spacial score (nSPS) is 11.0. The molecule has 9 heteroatoms. The van der Waals surface area contributed by atoms with Crippen LogP contribution in [0.4, 0.5) is 15.0 Å². The zero-order valence-electron chi connectivity index (χ0n) is 18.1. The third kappa shape index (κ3) is 4.27. The van der Waals surface area contributed by atoms with E-state index in [0.29, 0.717) is 29.4 Å². The van der Waals surface area contributed by atoms with Crippen LogP contribution in [0.5, 0.6) is 5.75 Å². The van der Waals surface area contributed by atoms with Gasteiger partial charge < -0.3 is 14.0 Å². The lowest BCUT2D eigenvalue weighted by atomic mass is 10.1. The fraction of sp³-hybridized carbons (Fsp3) is 0.261. The van der Waals surface area contributed by atoms with E-state index >= 15 is 0 Å². The first-order valence-electron chi connectivity index (χ1n) is 10.3. The fourth-order valence-electron chi connectivity index (χ4n) is 3.51. The SMILES string of the molecule is CCn1nc(-c2ccc(F)cc2OC)cc1NC(=O)OCc1ccc2c(c1)ncn2CC. The zero-order valence-corrected chi connectivity index (χ0v) is 18.1. The van der Waals surface area contributed by atoms with Gasteiger partial charge in [-0.3, -0.25) is 5.32 Å². The van der Waals surface area contributed by atoms with Crippen LogP contribution in [0, 0.1) is 5.82 Å². The smallest absolute Gasteiger partial charge is 0.413 e. The van der Waals surface area contributed by atoms with E-state index in [9.17, 15) is 9.18 Å². The highest BCUT2D eigenvalue weighted by Gasteiger charge is 2.16. The van der Waals surface area contributed by atoms with Crippen LogP contribution < -0.4 is 10.1 Å². The standard InChI is InChI=1S/C23H24FN5O3/c1-4-28-14-25-19-10-15(6-9-20(19)28)13-32-23(30)26-22-12-18(27-29(22)5-2)17-8-7-16(24)11-21(17)31-3/h6-12,14H,4-5,13H2,1-3H3,(H,26,30). The average molecular weight is 437 g/mol. The number of carbonyl (C=O) groups excluding carboxylic acids is 1. The van der Waals surface area contributed by atoms with Crippen LogP contribution in [0.2, 0.25) is 0 Å². The molecule has 2 aromatic carbocycles. The Hall–Kier alpha value is -3.88. The number of aryl methyl sites for hydroxylation is 2. The second-order valence-corrected chi connectivity index (χ2v) is 7.13. The summed E-state index contributed by atoms with van der Waals surface area (Å²) in [5.74, 6) is 0.430. The second-order valence-electron chi connectivity index (χ2n) is 7.13. The minimum Gasteiger partial charge on any atom is -0.496 e. The van der Waals surface area contributed by atoms with Crippen molar-refractivity contribution in [3.63, 3.8) is 0 Å². The molecule has 8 nitrogen and oxygen atoms in total. The molecule has 0 unspecified atom stereocenters. The van der Waals surface area contributed by atoms with E-state index in [1.54, 1.807) is 23.1 Å². The number of fused-ring (bicyclic) bond motifs is 1. The Bertz CT molecular complexity index is 1260. The molecule has 0 spiro atoms. The molecule has 0 aliphatic carbocycles. The first-order chi connectivity index (χ1) is 15.5. The van der Waals surface area contributed by atoms with Crippen LogP contribution in [0.25, 0.3) is 22.3 Å². The molecule has 0 bridgehead atoms. The number of hydrogen-bond donors (Lipinski definition) is 1. The van der Waals surface area contributed by atoms with Crippen molar-refractivity contribution in [3.8, 4) is 17.0 Å². The van der Waals surface area contributed by atoms with Crippen molar-refractivity contribution in [2.24, 2.45) is 0 Å². The number of anilines is 1. The van der Waals surface area contributed by atoms with E-state index < -0.39 is 11.9 Å². The van der Waals surface area contributed by atoms with E-state index in [2.05, 4.69) is 22.3 Å². The number of nitrogens with one attached hydrogen (secondary N) is 1. The quantitative estimate of drug-likeness (QED) is 0.448. The first kappa shape index (κ1) is 21.4. The molecular formula is C23H24FN5O3. The number of benzene rings is 2. The second kappa shape index (κ2) is 9.09. The van der Waals surface area contributed by atoms with E-state index in [1.807, 2.05) is 29.7 Å². The lowest BCUT2D eigenvalue weighted by Crippen LogP contribution is -2.16. The molecule has 0 radical (unpaired) electrons. The van der Waals surface area contributed by atoms with Crippen LogP contribution in [-0.4, -0.2) is 32.5 Å². The number of aromatic nitrogens is 4. The van der Waals surface area contributed by atoms with Gasteiger partial charge in [0.25, 0.3) is 0 Å². The summed E-state index contributed by atoms with van der Waals surface area (Å²) in [7, 11) is 1.47. The Morgan fingerprint density at radius 2 is 1.97 bits per heavy atom. The lowest BCUT2D eigenvalue weighted by Gasteiger charge is -2.08. The molecule has 166 valence electrons. The number of amides is 1. The Labute approximate surface area is 184 Å². The number of halogens is 1. The number of rotatable bonds is 7. The number of ether oxygens (including phenoxy) is 2. The molecular weight excluding hydrogens is 413 g/mol. The van der Waals surface area contributed by atoms with E-state index in [4.69, 9.17) is 9.47 Å². The van der Waals surface area contributed by atoms with Gasteiger partial charge in [0.1, 0.15) is 24.0 Å². The van der Waals surface area contributed by atoms with Crippen molar-refractivity contribution in [3.05, 3.63) is 60.2 Å². The minimum atomic E-state index is -0.601. The number of nitrogens with zero attached hydrogens (tertiary/aromatic N) is 4. The molecule has 2 heterocycles. The van der Waals surface area contributed by atoms with Crippen LogP contribution in [0.3, 0.4) is 0 Å². The molecule has 1 N–H and O–H groups in total. The van der Waals surface area contributed by atoms with E-state index in [0.717, 1.165) is 23.1 Å². The molecule has 32 heavy (non-hydrogen) atoms.